The van der Waals surface area contributed by atoms with Gasteiger partial charge in [0.25, 0.3) is 5.95 Å². The molecule has 3 rings (SSSR count). The summed E-state index contributed by atoms with van der Waals surface area (Å²) in [6, 6.07) is 5.49. The van der Waals surface area contributed by atoms with Crippen LogP contribution in [0.3, 0.4) is 0 Å². The molecule has 2 aromatic rings. The van der Waals surface area contributed by atoms with Gasteiger partial charge in [0.2, 0.25) is 5.91 Å². The first-order valence-electron chi connectivity index (χ1n) is 5.15. The van der Waals surface area contributed by atoms with Gasteiger partial charge in [0.05, 0.1) is 19.1 Å². The number of rotatable bonds is 1. The largest absolute Gasteiger partial charge is 0.391 e. The molecule has 1 amide bonds. The Hall–Kier alpha value is -1.47. The Bertz CT molecular complexity index is 597. The van der Waals surface area contributed by atoms with Crippen LogP contribution < -0.4 is 4.90 Å². The molecular formula is C10H9BrN4O2. The van der Waals surface area contributed by atoms with Crippen LogP contribution in [-0.2, 0) is 4.79 Å². The first kappa shape index (κ1) is 10.7. The van der Waals surface area contributed by atoms with Crippen molar-refractivity contribution in [2.45, 2.75) is 12.5 Å². The summed E-state index contributed by atoms with van der Waals surface area (Å²) in [5.74, 6) is 0.183. The van der Waals surface area contributed by atoms with Crippen LogP contribution in [0.5, 0.6) is 0 Å². The number of β-amino-alcohol motifs (C(OH)–C–C–N with tert-alkyl or cyclic N) is 1. The molecule has 1 fully saturated rings. The monoisotopic (exact) mass is 296 g/mol. The fourth-order valence-corrected chi connectivity index (χ4v) is 2.27. The highest BCUT2D eigenvalue weighted by atomic mass is 79.9. The number of carbonyl (C=O) groups excluding carboxylic acids is 1. The summed E-state index contributed by atoms with van der Waals surface area (Å²) in [6.45, 7) is 0.257. The third kappa shape index (κ3) is 1.71. The number of nitrogens with zero attached hydrogens (tertiary/aromatic N) is 4. The van der Waals surface area contributed by atoms with Crippen molar-refractivity contribution in [2.75, 3.05) is 11.4 Å². The first-order chi connectivity index (χ1) is 8.15. The molecule has 6 nitrogen and oxygen atoms in total. The molecule has 3 heterocycles. The predicted octanol–water partition coefficient (Wildman–Crippen LogP) is 0.589. The number of anilines is 1. The van der Waals surface area contributed by atoms with Gasteiger partial charge in [-0.15, -0.1) is 5.10 Å². The molecule has 1 unspecified atom stereocenters. The van der Waals surface area contributed by atoms with Crippen LogP contribution in [0.15, 0.2) is 22.8 Å². The van der Waals surface area contributed by atoms with Crippen molar-refractivity contribution in [3.05, 3.63) is 22.8 Å². The maximum absolute atomic E-state index is 11.6. The van der Waals surface area contributed by atoms with Gasteiger partial charge in [-0.2, -0.15) is 4.98 Å². The van der Waals surface area contributed by atoms with Gasteiger partial charge in [0.1, 0.15) is 4.60 Å². The minimum atomic E-state index is -0.627. The van der Waals surface area contributed by atoms with E-state index in [9.17, 15) is 9.90 Å². The number of pyridine rings is 1. The maximum Gasteiger partial charge on any atom is 0.252 e. The minimum Gasteiger partial charge on any atom is -0.391 e. The quantitative estimate of drug-likeness (QED) is 0.782. The number of amides is 1. The van der Waals surface area contributed by atoms with Crippen molar-refractivity contribution in [2.24, 2.45) is 0 Å². The normalized spacial score (nSPS) is 20.5. The number of halogens is 1. The highest BCUT2D eigenvalue weighted by Crippen LogP contribution is 2.20. The lowest BCUT2D eigenvalue weighted by Crippen LogP contribution is -2.26. The Morgan fingerprint density at radius 2 is 2.29 bits per heavy atom. The van der Waals surface area contributed by atoms with Gasteiger partial charge >= 0.3 is 0 Å². The number of carbonyl (C=O) groups is 1. The second kappa shape index (κ2) is 3.78. The van der Waals surface area contributed by atoms with Gasteiger partial charge < -0.3 is 5.11 Å². The van der Waals surface area contributed by atoms with Crippen LogP contribution in [0.25, 0.3) is 5.65 Å². The van der Waals surface area contributed by atoms with Gasteiger partial charge in [-0.3, -0.25) is 9.69 Å². The van der Waals surface area contributed by atoms with E-state index in [0.717, 1.165) is 4.60 Å². The molecule has 1 aliphatic heterocycles. The second-order valence-electron chi connectivity index (χ2n) is 3.89. The average molecular weight is 297 g/mol. The predicted molar refractivity (Wildman–Crippen MR) is 63.7 cm³/mol. The molecule has 7 heteroatoms. The van der Waals surface area contributed by atoms with Crippen molar-refractivity contribution < 1.29 is 9.90 Å². The summed E-state index contributed by atoms with van der Waals surface area (Å²) in [5.41, 5.74) is 0.656. The summed E-state index contributed by atoms with van der Waals surface area (Å²) >= 11 is 3.35. The number of aliphatic hydroxyl groups excluding tert-OH is 1. The molecule has 0 spiro atoms. The molecule has 0 bridgehead atoms. The van der Waals surface area contributed by atoms with E-state index in [2.05, 4.69) is 26.0 Å². The van der Waals surface area contributed by atoms with Gasteiger partial charge in [-0.05, 0) is 28.1 Å². The molecule has 0 radical (unpaired) electrons. The molecule has 1 N–H and O–H groups in total. The number of aliphatic hydroxyl groups is 1. The van der Waals surface area contributed by atoms with E-state index in [4.69, 9.17) is 0 Å². The standard InChI is InChI=1S/C10H9BrN4O2/c11-7-2-1-3-8-12-10(13-15(7)8)14-5-6(16)4-9(14)17/h1-3,6,16H,4-5H2. The molecule has 0 saturated carbocycles. The van der Waals surface area contributed by atoms with Crippen LogP contribution in [0.1, 0.15) is 6.42 Å². The van der Waals surface area contributed by atoms with Crippen LogP contribution in [0, 0.1) is 0 Å². The lowest BCUT2D eigenvalue weighted by Gasteiger charge is -2.09. The van der Waals surface area contributed by atoms with Crippen molar-refractivity contribution in [1.29, 1.82) is 0 Å². The zero-order valence-corrected chi connectivity index (χ0v) is 10.3. The Morgan fingerprint density at radius 3 is 2.94 bits per heavy atom. The van der Waals surface area contributed by atoms with Crippen LogP contribution in [0.2, 0.25) is 0 Å². The van der Waals surface area contributed by atoms with Crippen molar-refractivity contribution in [1.82, 2.24) is 14.6 Å². The van der Waals surface area contributed by atoms with Crippen molar-refractivity contribution >= 4 is 33.4 Å². The summed E-state index contributed by atoms with van der Waals surface area (Å²) in [7, 11) is 0. The summed E-state index contributed by atoms with van der Waals surface area (Å²) in [4.78, 5) is 17.3. The molecule has 1 aliphatic rings. The molecule has 17 heavy (non-hydrogen) atoms. The number of hydrogen-bond acceptors (Lipinski definition) is 4. The fourth-order valence-electron chi connectivity index (χ4n) is 1.86. The smallest absolute Gasteiger partial charge is 0.252 e. The van der Waals surface area contributed by atoms with Crippen LogP contribution in [-0.4, -0.2) is 38.3 Å². The SMILES string of the molecule is O=C1CC(O)CN1c1nc2cccc(Br)n2n1. The topological polar surface area (TPSA) is 70.7 Å². The number of fused-ring (bicyclic) bond motifs is 1. The van der Waals surface area contributed by atoms with E-state index in [1.54, 1.807) is 10.6 Å². The van der Waals surface area contributed by atoms with Gasteiger partial charge in [0, 0.05) is 0 Å². The zero-order chi connectivity index (χ0) is 12.0. The van der Waals surface area contributed by atoms with E-state index in [-0.39, 0.29) is 18.9 Å². The minimum absolute atomic E-state index is 0.136. The Kier molecular flexibility index (Phi) is 2.37. The Morgan fingerprint density at radius 1 is 1.47 bits per heavy atom. The molecule has 1 atom stereocenters. The van der Waals surface area contributed by atoms with Crippen LogP contribution >= 0.6 is 15.9 Å². The van der Waals surface area contributed by atoms with E-state index in [0.29, 0.717) is 11.6 Å². The summed E-state index contributed by atoms with van der Waals surface area (Å²) < 4.78 is 2.37. The molecule has 2 aromatic heterocycles. The van der Waals surface area contributed by atoms with Crippen LogP contribution in [0.4, 0.5) is 5.95 Å². The second-order valence-corrected chi connectivity index (χ2v) is 4.71. The summed E-state index contributed by atoms with van der Waals surface area (Å²) in [5, 5.41) is 13.7. The van der Waals surface area contributed by atoms with E-state index >= 15 is 0 Å². The van der Waals surface area contributed by atoms with Crippen molar-refractivity contribution in [3.63, 3.8) is 0 Å². The van der Waals surface area contributed by atoms with Gasteiger partial charge in [-0.1, -0.05) is 6.07 Å². The van der Waals surface area contributed by atoms with E-state index < -0.39 is 6.10 Å². The zero-order valence-electron chi connectivity index (χ0n) is 8.75. The highest BCUT2D eigenvalue weighted by Gasteiger charge is 2.31. The van der Waals surface area contributed by atoms with E-state index in [1.165, 1.54) is 4.90 Å². The molecule has 0 aliphatic carbocycles. The fraction of sp³-hybridized carbons (Fsp3) is 0.300. The molecule has 1 saturated heterocycles. The summed E-state index contributed by atoms with van der Waals surface area (Å²) in [6.07, 6.45) is -0.492. The number of hydrogen-bond donors (Lipinski definition) is 1. The third-order valence-electron chi connectivity index (χ3n) is 2.65. The number of aromatic nitrogens is 3. The average Bonchev–Trinajstić information content (AvgIpc) is 2.82. The molecule has 88 valence electrons. The third-order valence-corrected chi connectivity index (χ3v) is 3.25. The Balaban J connectivity index is 2.07. The molecular weight excluding hydrogens is 288 g/mol. The first-order valence-corrected chi connectivity index (χ1v) is 5.94. The Labute approximate surface area is 105 Å². The van der Waals surface area contributed by atoms with Gasteiger partial charge in [0.15, 0.2) is 5.65 Å². The van der Waals surface area contributed by atoms with E-state index in [1.807, 2.05) is 12.1 Å². The van der Waals surface area contributed by atoms with Gasteiger partial charge in [-0.25, -0.2) is 4.52 Å². The lowest BCUT2D eigenvalue weighted by molar-refractivity contribution is -0.117. The molecule has 0 aromatic carbocycles. The van der Waals surface area contributed by atoms with Crippen molar-refractivity contribution in [3.8, 4) is 0 Å². The highest BCUT2D eigenvalue weighted by molar-refractivity contribution is 9.10. The lowest BCUT2D eigenvalue weighted by atomic mass is 10.3. The maximum atomic E-state index is 11.6.